The fourth-order valence-corrected chi connectivity index (χ4v) is 2.87. The van der Waals surface area contributed by atoms with Gasteiger partial charge in [0.25, 0.3) is 0 Å². The quantitative estimate of drug-likeness (QED) is 0.829. The van der Waals surface area contributed by atoms with Crippen LogP contribution < -0.4 is 10.6 Å². The minimum absolute atomic E-state index is 0.188. The molecule has 0 amide bonds. The molecule has 0 aromatic heterocycles. The van der Waals surface area contributed by atoms with Gasteiger partial charge in [0.15, 0.2) is 5.11 Å². The highest BCUT2D eigenvalue weighted by molar-refractivity contribution is 7.80. The molecule has 4 heteroatoms. The Balaban J connectivity index is 1.83. The van der Waals surface area contributed by atoms with E-state index in [1.54, 1.807) is 0 Å². The van der Waals surface area contributed by atoms with Gasteiger partial charge in [0, 0.05) is 13.2 Å². The molecule has 1 aliphatic rings. The van der Waals surface area contributed by atoms with Gasteiger partial charge in [0.1, 0.15) is 0 Å². The van der Waals surface area contributed by atoms with Gasteiger partial charge in [-0.15, -0.1) is 0 Å². The van der Waals surface area contributed by atoms with Crippen LogP contribution in [0.5, 0.6) is 0 Å². The summed E-state index contributed by atoms with van der Waals surface area (Å²) in [5, 5.41) is 7.30. The molecule has 2 rings (SSSR count). The maximum absolute atomic E-state index is 5.59. The second-order valence-corrected chi connectivity index (χ2v) is 7.49. The SMILES string of the molecule is CC(NC(=S)NCC1CCCO1)c1ccc(C(C)(C)C)cc1. The van der Waals surface area contributed by atoms with Crippen molar-refractivity contribution >= 4 is 17.3 Å². The maximum atomic E-state index is 5.59. The molecule has 0 spiro atoms. The molecule has 122 valence electrons. The first-order chi connectivity index (χ1) is 10.4. The zero-order valence-corrected chi connectivity index (χ0v) is 14.9. The van der Waals surface area contributed by atoms with E-state index in [9.17, 15) is 0 Å². The Bertz CT molecular complexity index is 487. The van der Waals surface area contributed by atoms with Gasteiger partial charge in [-0.1, -0.05) is 45.0 Å². The number of thiocarbonyl (C=S) groups is 1. The van der Waals surface area contributed by atoms with Gasteiger partial charge >= 0.3 is 0 Å². The zero-order valence-electron chi connectivity index (χ0n) is 14.1. The average Bonchev–Trinajstić information content (AvgIpc) is 2.97. The van der Waals surface area contributed by atoms with Crippen molar-refractivity contribution in [3.8, 4) is 0 Å². The maximum Gasteiger partial charge on any atom is 0.166 e. The second kappa shape index (κ2) is 7.42. The summed E-state index contributed by atoms with van der Waals surface area (Å²) in [4.78, 5) is 0. The van der Waals surface area contributed by atoms with Crippen molar-refractivity contribution in [2.24, 2.45) is 0 Å². The van der Waals surface area contributed by atoms with E-state index in [0.717, 1.165) is 26.0 Å². The number of nitrogens with one attached hydrogen (secondary N) is 2. The number of hydrogen-bond donors (Lipinski definition) is 2. The lowest BCUT2D eigenvalue weighted by atomic mass is 9.86. The van der Waals surface area contributed by atoms with Gasteiger partial charge in [-0.25, -0.2) is 0 Å². The number of ether oxygens (including phenoxy) is 1. The molecule has 1 aromatic rings. The largest absolute Gasteiger partial charge is 0.376 e. The summed E-state index contributed by atoms with van der Waals surface area (Å²) in [6.07, 6.45) is 2.59. The third-order valence-electron chi connectivity index (χ3n) is 4.14. The summed E-state index contributed by atoms with van der Waals surface area (Å²) in [6.45, 7) is 10.5. The van der Waals surface area contributed by atoms with E-state index >= 15 is 0 Å². The molecular formula is C18H28N2OS. The van der Waals surface area contributed by atoms with E-state index in [4.69, 9.17) is 17.0 Å². The lowest BCUT2D eigenvalue weighted by Crippen LogP contribution is -2.40. The van der Waals surface area contributed by atoms with Crippen molar-refractivity contribution in [3.63, 3.8) is 0 Å². The summed E-state index contributed by atoms with van der Waals surface area (Å²) in [6, 6.07) is 8.97. The van der Waals surface area contributed by atoms with Crippen LogP contribution in [0.3, 0.4) is 0 Å². The highest BCUT2D eigenvalue weighted by atomic mass is 32.1. The molecule has 0 bridgehead atoms. The Morgan fingerprint density at radius 2 is 2.00 bits per heavy atom. The first-order valence-corrected chi connectivity index (χ1v) is 8.53. The van der Waals surface area contributed by atoms with Crippen LogP contribution in [0, 0.1) is 0 Å². The normalized spacial score (nSPS) is 19.7. The Morgan fingerprint density at radius 1 is 1.32 bits per heavy atom. The molecule has 2 unspecified atom stereocenters. The Hall–Kier alpha value is -1.13. The summed E-state index contributed by atoms with van der Waals surface area (Å²) in [7, 11) is 0. The standard InChI is InChI=1S/C18H28N2OS/c1-13(14-7-9-15(10-8-14)18(2,3)4)20-17(22)19-12-16-6-5-11-21-16/h7-10,13,16H,5-6,11-12H2,1-4H3,(H2,19,20,22). The van der Waals surface area contributed by atoms with Gasteiger partial charge in [-0.05, 0) is 48.5 Å². The number of rotatable bonds is 4. The molecule has 1 heterocycles. The summed E-state index contributed by atoms with van der Waals surface area (Å²) in [5.41, 5.74) is 2.78. The van der Waals surface area contributed by atoms with Gasteiger partial charge < -0.3 is 15.4 Å². The first kappa shape index (κ1) is 17.2. The smallest absolute Gasteiger partial charge is 0.166 e. The second-order valence-electron chi connectivity index (χ2n) is 7.08. The average molecular weight is 321 g/mol. The van der Waals surface area contributed by atoms with Gasteiger partial charge in [0.2, 0.25) is 0 Å². The van der Waals surface area contributed by atoms with Crippen LogP contribution in [-0.4, -0.2) is 24.4 Å². The molecule has 1 fully saturated rings. The molecule has 1 aliphatic heterocycles. The van der Waals surface area contributed by atoms with Gasteiger partial charge in [0.05, 0.1) is 12.1 Å². The molecule has 3 nitrogen and oxygen atoms in total. The summed E-state index contributed by atoms with van der Waals surface area (Å²) < 4.78 is 5.59. The zero-order chi connectivity index (χ0) is 16.2. The molecule has 1 saturated heterocycles. The highest BCUT2D eigenvalue weighted by Gasteiger charge is 2.16. The van der Waals surface area contributed by atoms with E-state index in [0.29, 0.717) is 11.2 Å². The lowest BCUT2D eigenvalue weighted by molar-refractivity contribution is 0.114. The van der Waals surface area contributed by atoms with Crippen molar-refractivity contribution in [1.29, 1.82) is 0 Å². The molecule has 1 aromatic carbocycles. The van der Waals surface area contributed by atoms with Gasteiger partial charge in [-0.2, -0.15) is 0 Å². The van der Waals surface area contributed by atoms with Crippen molar-refractivity contribution in [3.05, 3.63) is 35.4 Å². The molecule has 2 atom stereocenters. The minimum atomic E-state index is 0.188. The molecule has 0 saturated carbocycles. The Labute approximate surface area is 139 Å². The third kappa shape index (κ3) is 4.96. The van der Waals surface area contributed by atoms with Crippen LogP contribution in [0.4, 0.5) is 0 Å². The number of benzene rings is 1. The monoisotopic (exact) mass is 320 g/mol. The lowest BCUT2D eigenvalue weighted by Gasteiger charge is -2.22. The van der Waals surface area contributed by atoms with Crippen LogP contribution in [0.15, 0.2) is 24.3 Å². The van der Waals surface area contributed by atoms with Crippen LogP contribution in [0.25, 0.3) is 0 Å². The van der Waals surface area contributed by atoms with Crippen molar-refractivity contribution in [2.45, 2.75) is 58.1 Å². The predicted molar refractivity (Wildman–Crippen MR) is 96.3 cm³/mol. The van der Waals surface area contributed by atoms with E-state index in [1.807, 2.05) is 0 Å². The van der Waals surface area contributed by atoms with Crippen LogP contribution in [-0.2, 0) is 10.2 Å². The van der Waals surface area contributed by atoms with Crippen molar-refractivity contribution in [1.82, 2.24) is 10.6 Å². The molecule has 2 N–H and O–H groups in total. The van der Waals surface area contributed by atoms with E-state index in [-0.39, 0.29) is 11.5 Å². The van der Waals surface area contributed by atoms with Crippen molar-refractivity contribution in [2.75, 3.05) is 13.2 Å². The van der Waals surface area contributed by atoms with E-state index < -0.39 is 0 Å². The predicted octanol–water partition coefficient (Wildman–Crippen LogP) is 3.69. The molecule has 22 heavy (non-hydrogen) atoms. The number of hydrogen-bond acceptors (Lipinski definition) is 2. The minimum Gasteiger partial charge on any atom is -0.376 e. The third-order valence-corrected chi connectivity index (χ3v) is 4.40. The fourth-order valence-electron chi connectivity index (χ4n) is 2.61. The van der Waals surface area contributed by atoms with E-state index in [2.05, 4.69) is 62.6 Å². The molecule has 0 aliphatic carbocycles. The van der Waals surface area contributed by atoms with Crippen LogP contribution in [0.2, 0.25) is 0 Å². The fraction of sp³-hybridized carbons (Fsp3) is 0.611. The van der Waals surface area contributed by atoms with Gasteiger partial charge in [-0.3, -0.25) is 0 Å². The Kier molecular flexibility index (Phi) is 5.81. The molecule has 0 radical (unpaired) electrons. The molecular weight excluding hydrogens is 292 g/mol. The summed E-state index contributed by atoms with van der Waals surface area (Å²) >= 11 is 5.37. The topological polar surface area (TPSA) is 33.3 Å². The van der Waals surface area contributed by atoms with Crippen molar-refractivity contribution < 1.29 is 4.74 Å². The van der Waals surface area contributed by atoms with Crippen LogP contribution in [0.1, 0.15) is 57.7 Å². The first-order valence-electron chi connectivity index (χ1n) is 8.12. The Morgan fingerprint density at radius 3 is 2.55 bits per heavy atom. The van der Waals surface area contributed by atoms with Crippen LogP contribution >= 0.6 is 12.2 Å². The van der Waals surface area contributed by atoms with E-state index in [1.165, 1.54) is 11.1 Å². The highest BCUT2D eigenvalue weighted by Crippen LogP contribution is 2.23. The summed E-state index contributed by atoms with van der Waals surface area (Å²) in [5.74, 6) is 0.